The van der Waals surface area contributed by atoms with Gasteiger partial charge in [0.2, 0.25) is 0 Å². The van der Waals surface area contributed by atoms with E-state index in [1.54, 1.807) is 12.1 Å². The van der Waals surface area contributed by atoms with Crippen LogP contribution in [0.25, 0.3) is 0 Å². The van der Waals surface area contributed by atoms with Crippen molar-refractivity contribution < 1.29 is 9.90 Å². The molecule has 1 saturated carbocycles. The highest BCUT2D eigenvalue weighted by Crippen LogP contribution is 2.32. The molecule has 0 aliphatic heterocycles. The van der Waals surface area contributed by atoms with Crippen molar-refractivity contribution >= 4 is 5.97 Å². The number of carbonyl (C=O) groups excluding carboxylic acids is 1. The van der Waals surface area contributed by atoms with E-state index in [0.29, 0.717) is 5.92 Å². The fourth-order valence-corrected chi connectivity index (χ4v) is 2.33. The van der Waals surface area contributed by atoms with Gasteiger partial charge in [0.15, 0.2) is 0 Å². The van der Waals surface area contributed by atoms with Crippen molar-refractivity contribution in [3.63, 3.8) is 0 Å². The zero-order valence-electron chi connectivity index (χ0n) is 8.74. The molecule has 0 saturated heterocycles. The molecule has 0 heterocycles. The van der Waals surface area contributed by atoms with E-state index < -0.39 is 5.97 Å². The molecule has 1 aliphatic carbocycles. The molecule has 1 aromatic carbocycles. The molecular weight excluding hydrogens is 188 g/mol. The van der Waals surface area contributed by atoms with E-state index in [4.69, 9.17) is 0 Å². The molecule has 0 bridgehead atoms. The topological polar surface area (TPSA) is 37.0 Å². The van der Waals surface area contributed by atoms with Crippen molar-refractivity contribution in [1.82, 2.24) is 0 Å². The number of hydrogen-bond acceptors (Lipinski definition) is 1. The second-order valence-corrected chi connectivity index (χ2v) is 4.24. The first-order chi connectivity index (χ1) is 7.27. The van der Waals surface area contributed by atoms with E-state index in [9.17, 15) is 9.90 Å². The highest BCUT2D eigenvalue weighted by molar-refractivity contribution is 5.87. The van der Waals surface area contributed by atoms with Crippen LogP contribution in [0.3, 0.4) is 0 Å². The summed E-state index contributed by atoms with van der Waals surface area (Å²) in [6, 6.07) is 7.17. The third kappa shape index (κ3) is 2.38. The van der Waals surface area contributed by atoms with Crippen molar-refractivity contribution in [3.05, 3.63) is 35.4 Å². The van der Waals surface area contributed by atoms with Crippen molar-refractivity contribution in [2.24, 2.45) is 0 Å². The lowest BCUT2D eigenvalue weighted by Gasteiger charge is -2.21. The summed E-state index contributed by atoms with van der Waals surface area (Å²) in [4.78, 5) is 10.6. The lowest BCUT2D eigenvalue weighted by molar-refractivity contribution is 0.0573. The fourth-order valence-electron chi connectivity index (χ4n) is 2.33. The average Bonchev–Trinajstić information content (AvgIpc) is 2.30. The number of benzene rings is 1. The third-order valence-corrected chi connectivity index (χ3v) is 3.22. The lowest BCUT2D eigenvalue weighted by atomic mass is 9.84. The Labute approximate surface area is 89.9 Å². The lowest BCUT2D eigenvalue weighted by Crippen LogP contribution is -2.04. The molecule has 2 rings (SSSR count). The highest BCUT2D eigenvalue weighted by Gasteiger charge is 2.15. The van der Waals surface area contributed by atoms with Crippen LogP contribution in [0.5, 0.6) is 0 Å². The molecule has 1 fully saturated rings. The first-order valence-electron chi connectivity index (χ1n) is 5.58. The van der Waals surface area contributed by atoms with E-state index in [1.807, 2.05) is 12.1 Å². The van der Waals surface area contributed by atoms with Gasteiger partial charge < -0.3 is 0 Å². The van der Waals surface area contributed by atoms with Crippen molar-refractivity contribution in [3.8, 4) is 0 Å². The Hall–Kier alpha value is -1.31. The minimum atomic E-state index is -1.09. The van der Waals surface area contributed by atoms with E-state index in [-0.39, 0.29) is 5.56 Å². The molecule has 0 N–H and O–H groups in total. The van der Waals surface area contributed by atoms with Crippen molar-refractivity contribution in [2.75, 3.05) is 0 Å². The summed E-state index contributed by atoms with van der Waals surface area (Å²) in [6.07, 6.45) is 6.42. The Kier molecular flexibility index (Phi) is 3.05. The molecule has 2 heteroatoms. The Balaban J connectivity index is 2.11. The molecule has 0 unspecified atom stereocenters. The molecule has 79 valence electrons. The van der Waals surface area contributed by atoms with Gasteiger partial charge in [0.25, 0.3) is 0 Å². The van der Waals surface area contributed by atoms with E-state index >= 15 is 0 Å². The zero-order valence-corrected chi connectivity index (χ0v) is 8.74. The number of hydrogen-bond donors (Lipinski definition) is 0. The highest BCUT2D eigenvalue weighted by atomic mass is 16.4. The maximum absolute atomic E-state index is 10.6. The largest absolute Gasteiger partial charge is 0.386 e. The summed E-state index contributed by atoms with van der Waals surface area (Å²) in [5.41, 5.74) is 1.55. The molecular formula is C13H15O2. The Bertz CT molecular complexity index is 334. The van der Waals surface area contributed by atoms with Crippen LogP contribution in [0.15, 0.2) is 24.3 Å². The summed E-state index contributed by atoms with van der Waals surface area (Å²) >= 11 is 0. The van der Waals surface area contributed by atoms with Crippen LogP contribution in [0.2, 0.25) is 0 Å². The van der Waals surface area contributed by atoms with Crippen LogP contribution in [-0.4, -0.2) is 5.97 Å². The van der Waals surface area contributed by atoms with Crippen LogP contribution >= 0.6 is 0 Å². The quantitative estimate of drug-likeness (QED) is 0.726. The fraction of sp³-hybridized carbons (Fsp3) is 0.462. The normalized spacial score (nSPS) is 17.6. The first kappa shape index (κ1) is 10.2. The van der Waals surface area contributed by atoms with Gasteiger partial charge in [-0.25, -0.2) is 9.90 Å². The molecule has 0 spiro atoms. The van der Waals surface area contributed by atoms with Gasteiger partial charge in [0.1, 0.15) is 0 Å². The maximum Gasteiger partial charge on any atom is 0.386 e. The second kappa shape index (κ2) is 4.47. The predicted molar refractivity (Wildman–Crippen MR) is 57.3 cm³/mol. The smallest absolute Gasteiger partial charge is 0.242 e. The Morgan fingerprint density at radius 1 is 1.00 bits per heavy atom. The first-order valence-corrected chi connectivity index (χ1v) is 5.58. The Morgan fingerprint density at radius 3 is 2.13 bits per heavy atom. The second-order valence-electron chi connectivity index (χ2n) is 4.24. The van der Waals surface area contributed by atoms with Crippen molar-refractivity contribution in [2.45, 2.75) is 38.0 Å². The molecule has 2 nitrogen and oxygen atoms in total. The zero-order chi connectivity index (χ0) is 10.7. The summed E-state index contributed by atoms with van der Waals surface area (Å²) in [7, 11) is 0. The summed E-state index contributed by atoms with van der Waals surface area (Å²) in [5, 5.41) is 10.6. The molecule has 1 radical (unpaired) electrons. The molecule has 15 heavy (non-hydrogen) atoms. The minimum absolute atomic E-state index is 0.273. The summed E-state index contributed by atoms with van der Waals surface area (Å²) in [5.74, 6) is -0.459. The molecule has 0 aromatic heterocycles. The van der Waals surface area contributed by atoms with E-state index in [2.05, 4.69) is 0 Å². The van der Waals surface area contributed by atoms with Gasteiger partial charge in [0.05, 0.1) is 5.56 Å². The van der Waals surface area contributed by atoms with Gasteiger partial charge >= 0.3 is 5.97 Å². The summed E-state index contributed by atoms with van der Waals surface area (Å²) < 4.78 is 0. The standard InChI is InChI=1S/C13H15O2/c14-13(15)12-8-6-11(7-9-12)10-4-2-1-3-5-10/h6-10H,1-5H2. The maximum atomic E-state index is 10.6. The summed E-state index contributed by atoms with van der Waals surface area (Å²) in [6.45, 7) is 0. The van der Waals surface area contributed by atoms with Crippen LogP contribution in [-0.2, 0) is 5.11 Å². The van der Waals surface area contributed by atoms with Gasteiger partial charge in [-0.15, -0.1) is 0 Å². The predicted octanol–water partition coefficient (Wildman–Crippen LogP) is 3.31. The monoisotopic (exact) mass is 203 g/mol. The van der Waals surface area contributed by atoms with Gasteiger partial charge in [-0.2, -0.15) is 0 Å². The van der Waals surface area contributed by atoms with E-state index in [0.717, 1.165) is 0 Å². The third-order valence-electron chi connectivity index (χ3n) is 3.22. The van der Waals surface area contributed by atoms with Crippen LogP contribution in [0.1, 0.15) is 53.9 Å². The number of carbonyl (C=O) groups is 1. The molecule has 0 amide bonds. The van der Waals surface area contributed by atoms with Gasteiger partial charge in [-0.05, 0) is 36.5 Å². The van der Waals surface area contributed by atoms with Crippen LogP contribution < -0.4 is 0 Å². The molecule has 1 aliphatic rings. The van der Waals surface area contributed by atoms with Gasteiger partial charge in [0, 0.05) is 0 Å². The molecule has 1 aromatic rings. The Morgan fingerprint density at radius 2 is 1.60 bits per heavy atom. The molecule has 0 atom stereocenters. The average molecular weight is 203 g/mol. The van der Waals surface area contributed by atoms with Crippen LogP contribution in [0.4, 0.5) is 0 Å². The SMILES string of the molecule is [O]C(=O)c1ccc(C2CCCCC2)cc1. The number of rotatable bonds is 2. The van der Waals surface area contributed by atoms with Gasteiger partial charge in [-0.1, -0.05) is 31.4 Å². The van der Waals surface area contributed by atoms with Crippen LogP contribution in [0, 0.1) is 0 Å². The minimum Gasteiger partial charge on any atom is -0.242 e. The van der Waals surface area contributed by atoms with E-state index in [1.165, 1.54) is 37.7 Å². The van der Waals surface area contributed by atoms with Crippen molar-refractivity contribution in [1.29, 1.82) is 0 Å². The van der Waals surface area contributed by atoms with Gasteiger partial charge in [-0.3, -0.25) is 0 Å².